The van der Waals surface area contributed by atoms with Gasteiger partial charge in [-0.15, -0.1) is 21.5 Å². The molecule has 2 aromatic carbocycles. The first-order valence-electron chi connectivity index (χ1n) is 11.9. The van der Waals surface area contributed by atoms with Crippen molar-refractivity contribution in [1.29, 1.82) is 0 Å². The largest absolute Gasteiger partial charge is 0.339 e. The smallest absolute Gasteiger partial charge is 0.256 e. The molecule has 1 aliphatic rings. The molecule has 3 amide bonds. The lowest BCUT2D eigenvalue weighted by Gasteiger charge is -2.17. The van der Waals surface area contributed by atoms with E-state index in [9.17, 15) is 14.4 Å². The lowest BCUT2D eigenvalue weighted by molar-refractivity contribution is -0.113. The van der Waals surface area contributed by atoms with Crippen molar-refractivity contribution in [3.05, 3.63) is 58.6 Å². The van der Waals surface area contributed by atoms with Crippen molar-refractivity contribution >= 4 is 73.2 Å². The minimum absolute atomic E-state index is 0.108. The van der Waals surface area contributed by atoms with Crippen molar-refractivity contribution in [2.75, 3.05) is 29.5 Å². The van der Waals surface area contributed by atoms with E-state index in [2.05, 4.69) is 25.8 Å². The van der Waals surface area contributed by atoms with Crippen LogP contribution in [0.1, 0.15) is 45.5 Å². The number of nitrogens with one attached hydrogen (secondary N) is 2. The second-order valence-corrected chi connectivity index (χ2v) is 11.7. The molecule has 2 N–H and O–H groups in total. The molecule has 0 aliphatic carbocycles. The third kappa shape index (κ3) is 5.97. The first-order valence-corrected chi connectivity index (χ1v) is 14.5. The summed E-state index contributed by atoms with van der Waals surface area (Å²) in [5, 5.41) is 15.0. The van der Waals surface area contributed by atoms with Crippen LogP contribution in [0.2, 0.25) is 0 Å². The number of carbonyl (C=O) groups is 3. The number of anilines is 2. The van der Waals surface area contributed by atoms with Crippen LogP contribution in [0.4, 0.5) is 10.8 Å². The van der Waals surface area contributed by atoms with E-state index in [1.807, 2.05) is 19.1 Å². The lowest BCUT2D eigenvalue weighted by atomic mass is 10.1. The maximum Gasteiger partial charge on any atom is 0.256 e. The van der Waals surface area contributed by atoms with Crippen LogP contribution in [0.25, 0.3) is 10.2 Å². The normalized spacial score (nSPS) is 13.2. The van der Waals surface area contributed by atoms with Gasteiger partial charge in [-0.1, -0.05) is 42.2 Å². The topological polar surface area (TPSA) is 117 Å². The monoisotopic (exact) mass is 552 g/mol. The number of hydrogen-bond donors (Lipinski definition) is 2. The van der Waals surface area contributed by atoms with Crippen LogP contribution in [0.3, 0.4) is 0 Å². The van der Waals surface area contributed by atoms with E-state index in [0.717, 1.165) is 51.9 Å². The molecule has 0 saturated carbocycles. The molecule has 12 heteroatoms. The molecule has 0 spiro atoms. The molecular formula is C25H24N6O3S3. The summed E-state index contributed by atoms with van der Waals surface area (Å²) in [5.41, 5.74) is 2.17. The van der Waals surface area contributed by atoms with Gasteiger partial charge >= 0.3 is 0 Å². The number of thiazole rings is 1. The highest BCUT2D eigenvalue weighted by Crippen LogP contribution is 2.31. The first-order chi connectivity index (χ1) is 18.0. The Balaban J connectivity index is 1.23. The number of aryl methyl sites for hydroxylation is 1. The highest BCUT2D eigenvalue weighted by atomic mass is 32.2. The van der Waals surface area contributed by atoms with Crippen LogP contribution in [0, 0.1) is 0 Å². The molecule has 1 saturated heterocycles. The molecule has 5 rings (SSSR count). The number of thioether (sulfide) groups is 1. The minimum Gasteiger partial charge on any atom is -0.339 e. The quantitative estimate of drug-likeness (QED) is 0.298. The van der Waals surface area contributed by atoms with Crippen molar-refractivity contribution < 1.29 is 14.4 Å². The van der Waals surface area contributed by atoms with Crippen LogP contribution < -0.4 is 10.6 Å². The standard InChI is InChI=1S/C25H24N6O3S3/c1-2-21-29-30-24(37-21)28-20(32)14-35-25-27-18-10-9-15(13-19(18)36-25)26-22(33)16-7-3-4-8-17(16)23(34)31-11-5-6-12-31/h3-4,7-10,13H,2,5-6,11-12,14H2,1H3,(H,26,33)(H,28,30,32). The third-order valence-corrected chi connectivity index (χ3v) is 8.91. The molecule has 4 aromatic rings. The molecule has 2 aromatic heterocycles. The Bertz CT molecular complexity index is 1460. The summed E-state index contributed by atoms with van der Waals surface area (Å²) in [5.74, 6) is -0.408. The van der Waals surface area contributed by atoms with E-state index >= 15 is 0 Å². The summed E-state index contributed by atoms with van der Waals surface area (Å²) < 4.78 is 1.64. The number of benzene rings is 2. The minimum atomic E-state index is -0.332. The van der Waals surface area contributed by atoms with E-state index in [0.29, 0.717) is 21.9 Å². The number of fused-ring (bicyclic) bond motifs is 1. The Morgan fingerprint density at radius 2 is 1.78 bits per heavy atom. The summed E-state index contributed by atoms with van der Waals surface area (Å²) in [6.07, 6.45) is 2.76. The van der Waals surface area contributed by atoms with E-state index in [1.165, 1.54) is 34.4 Å². The molecule has 0 radical (unpaired) electrons. The lowest BCUT2D eigenvalue weighted by Crippen LogP contribution is -2.29. The van der Waals surface area contributed by atoms with Crippen LogP contribution in [-0.4, -0.2) is 56.6 Å². The number of carbonyl (C=O) groups excluding carboxylic acids is 3. The zero-order valence-corrected chi connectivity index (χ0v) is 22.5. The molecular weight excluding hydrogens is 529 g/mol. The van der Waals surface area contributed by atoms with E-state index in [1.54, 1.807) is 35.2 Å². The van der Waals surface area contributed by atoms with E-state index in [-0.39, 0.29) is 23.5 Å². The van der Waals surface area contributed by atoms with Crippen molar-refractivity contribution in [2.45, 2.75) is 30.5 Å². The SMILES string of the molecule is CCc1nnc(NC(=O)CSc2nc3ccc(NC(=O)c4ccccc4C(=O)N4CCCC4)cc3s2)s1. The Hall–Kier alpha value is -3.35. The molecule has 9 nitrogen and oxygen atoms in total. The zero-order valence-electron chi connectivity index (χ0n) is 20.0. The first kappa shape index (κ1) is 25.3. The van der Waals surface area contributed by atoms with Crippen LogP contribution in [-0.2, 0) is 11.2 Å². The Morgan fingerprint density at radius 3 is 2.54 bits per heavy atom. The van der Waals surface area contributed by atoms with Crippen LogP contribution >= 0.6 is 34.4 Å². The van der Waals surface area contributed by atoms with E-state index in [4.69, 9.17) is 0 Å². The number of nitrogens with zero attached hydrogens (tertiary/aromatic N) is 4. The maximum absolute atomic E-state index is 13.1. The van der Waals surface area contributed by atoms with Gasteiger partial charge in [-0.25, -0.2) is 4.98 Å². The second kappa shape index (κ2) is 11.4. The summed E-state index contributed by atoms with van der Waals surface area (Å²) >= 11 is 4.16. The Kier molecular flexibility index (Phi) is 7.77. The molecule has 0 atom stereocenters. The highest BCUT2D eigenvalue weighted by Gasteiger charge is 2.24. The maximum atomic E-state index is 13.1. The summed E-state index contributed by atoms with van der Waals surface area (Å²) in [7, 11) is 0. The summed E-state index contributed by atoms with van der Waals surface area (Å²) in [6, 6.07) is 12.4. The Labute approximate surface area is 225 Å². The van der Waals surface area contributed by atoms with Crippen LogP contribution in [0.15, 0.2) is 46.8 Å². The van der Waals surface area contributed by atoms with Gasteiger partial charge in [-0.2, -0.15) is 0 Å². The summed E-state index contributed by atoms with van der Waals surface area (Å²) in [6.45, 7) is 3.43. The van der Waals surface area contributed by atoms with Gasteiger partial charge < -0.3 is 10.2 Å². The van der Waals surface area contributed by atoms with Gasteiger partial charge in [0.2, 0.25) is 11.0 Å². The number of rotatable bonds is 8. The van der Waals surface area contributed by atoms with Crippen molar-refractivity contribution in [1.82, 2.24) is 20.1 Å². The second-order valence-electron chi connectivity index (χ2n) is 8.35. The van der Waals surface area contributed by atoms with Gasteiger partial charge in [0, 0.05) is 18.8 Å². The fourth-order valence-electron chi connectivity index (χ4n) is 3.93. The predicted molar refractivity (Wildman–Crippen MR) is 148 cm³/mol. The molecule has 0 bridgehead atoms. The fourth-order valence-corrected chi connectivity index (χ4v) is 6.53. The number of aromatic nitrogens is 3. The molecule has 1 aliphatic heterocycles. The van der Waals surface area contributed by atoms with Crippen molar-refractivity contribution in [2.24, 2.45) is 0 Å². The van der Waals surface area contributed by atoms with Gasteiger partial charge in [0.15, 0.2) is 4.34 Å². The Morgan fingerprint density at radius 1 is 1.00 bits per heavy atom. The average Bonchev–Trinajstić information content (AvgIpc) is 3.68. The average molecular weight is 553 g/mol. The number of likely N-dealkylation sites (tertiary alicyclic amines) is 1. The van der Waals surface area contributed by atoms with E-state index < -0.39 is 0 Å². The number of amides is 3. The molecule has 37 heavy (non-hydrogen) atoms. The molecule has 190 valence electrons. The van der Waals surface area contributed by atoms with Gasteiger partial charge in [0.05, 0.1) is 27.1 Å². The van der Waals surface area contributed by atoms with Crippen molar-refractivity contribution in [3.63, 3.8) is 0 Å². The molecule has 3 heterocycles. The van der Waals surface area contributed by atoms with Crippen LogP contribution in [0.5, 0.6) is 0 Å². The van der Waals surface area contributed by atoms with Gasteiger partial charge in [-0.05, 0) is 49.6 Å². The molecule has 1 fully saturated rings. The number of hydrogen-bond acceptors (Lipinski definition) is 9. The van der Waals surface area contributed by atoms with Gasteiger partial charge in [-0.3, -0.25) is 19.7 Å². The fraction of sp³-hybridized carbons (Fsp3) is 0.280. The predicted octanol–water partition coefficient (Wildman–Crippen LogP) is 4.93. The summed E-state index contributed by atoms with van der Waals surface area (Å²) in [4.78, 5) is 44.7. The highest BCUT2D eigenvalue weighted by molar-refractivity contribution is 8.01. The van der Waals surface area contributed by atoms with Gasteiger partial charge in [0.25, 0.3) is 11.8 Å². The van der Waals surface area contributed by atoms with Gasteiger partial charge in [0.1, 0.15) is 5.01 Å². The third-order valence-electron chi connectivity index (χ3n) is 5.76. The van der Waals surface area contributed by atoms with Crippen molar-refractivity contribution in [3.8, 4) is 0 Å². The zero-order chi connectivity index (χ0) is 25.8. The molecule has 0 unspecified atom stereocenters.